The Balaban J connectivity index is 1.01. The predicted octanol–water partition coefficient (Wildman–Crippen LogP) is 4.31. The third-order valence-corrected chi connectivity index (χ3v) is 8.64. The maximum atomic E-state index is 13.2. The molecule has 0 radical (unpaired) electrons. The fraction of sp³-hybridized carbons (Fsp3) is 0.353. The summed E-state index contributed by atoms with van der Waals surface area (Å²) in [6.07, 6.45) is 6.51. The molecule has 2 aliphatic heterocycles. The van der Waals surface area contributed by atoms with Gasteiger partial charge in [-0.1, -0.05) is 12.1 Å². The lowest BCUT2D eigenvalue weighted by Gasteiger charge is -2.32. The van der Waals surface area contributed by atoms with Gasteiger partial charge in [-0.3, -0.25) is 24.3 Å². The van der Waals surface area contributed by atoms with Crippen LogP contribution in [0.4, 0.5) is 0 Å². The second-order valence-corrected chi connectivity index (χ2v) is 11.6. The number of pyridine rings is 1. The predicted molar refractivity (Wildman–Crippen MR) is 165 cm³/mol. The summed E-state index contributed by atoms with van der Waals surface area (Å²) in [4.78, 5) is 45.4. The molecular weight excluding hydrogens is 558 g/mol. The van der Waals surface area contributed by atoms with Crippen molar-refractivity contribution in [2.24, 2.45) is 5.73 Å². The van der Waals surface area contributed by atoms with Crippen molar-refractivity contribution in [1.82, 2.24) is 20.1 Å². The number of hydrogen-bond acceptors (Lipinski definition) is 7. The third-order valence-electron chi connectivity index (χ3n) is 8.64. The van der Waals surface area contributed by atoms with Crippen LogP contribution in [-0.2, 0) is 6.54 Å². The molecule has 2 aromatic carbocycles. The number of ether oxygens (including phenoxy) is 1. The van der Waals surface area contributed by atoms with Crippen LogP contribution in [0.1, 0.15) is 68.1 Å². The van der Waals surface area contributed by atoms with Gasteiger partial charge < -0.3 is 25.1 Å². The Morgan fingerprint density at radius 2 is 1.64 bits per heavy atom. The summed E-state index contributed by atoms with van der Waals surface area (Å²) in [7, 11) is 0. The van der Waals surface area contributed by atoms with E-state index in [1.54, 1.807) is 36.7 Å². The van der Waals surface area contributed by atoms with Crippen molar-refractivity contribution in [1.29, 1.82) is 0 Å². The average Bonchev–Trinajstić information content (AvgIpc) is 3.38. The summed E-state index contributed by atoms with van der Waals surface area (Å²) in [5, 5.41) is 3.97. The molecule has 2 fully saturated rings. The van der Waals surface area contributed by atoms with Gasteiger partial charge >= 0.3 is 0 Å². The van der Waals surface area contributed by atoms with Crippen LogP contribution >= 0.6 is 0 Å². The number of rotatable bonds is 8. The lowest BCUT2D eigenvalue weighted by Crippen LogP contribution is -2.46. The van der Waals surface area contributed by atoms with Crippen LogP contribution in [0.2, 0.25) is 0 Å². The van der Waals surface area contributed by atoms with E-state index in [2.05, 4.69) is 15.2 Å². The summed E-state index contributed by atoms with van der Waals surface area (Å²) in [5.74, 6) is 0.408. The highest BCUT2D eigenvalue weighted by Crippen LogP contribution is 2.30. The number of nitrogens with zero attached hydrogens (tertiary/aromatic N) is 3. The smallest absolute Gasteiger partial charge is 0.287 e. The van der Waals surface area contributed by atoms with Gasteiger partial charge in [0.25, 0.3) is 11.8 Å². The quantitative estimate of drug-likeness (QED) is 0.310. The van der Waals surface area contributed by atoms with Crippen LogP contribution in [-0.4, -0.2) is 70.8 Å². The van der Waals surface area contributed by atoms with E-state index in [9.17, 15) is 14.4 Å². The highest BCUT2D eigenvalue weighted by atomic mass is 16.5. The highest BCUT2D eigenvalue weighted by Gasteiger charge is 2.27. The largest absolute Gasteiger partial charge is 0.490 e. The van der Waals surface area contributed by atoms with Crippen LogP contribution in [0.15, 0.2) is 71.4 Å². The maximum Gasteiger partial charge on any atom is 0.287 e. The van der Waals surface area contributed by atoms with Gasteiger partial charge in [0.1, 0.15) is 17.4 Å². The number of nitrogens with two attached hydrogens (primary N) is 1. The van der Waals surface area contributed by atoms with Gasteiger partial charge in [-0.25, -0.2) is 0 Å². The fourth-order valence-electron chi connectivity index (χ4n) is 6.06. The molecule has 3 N–H and O–H groups in total. The normalized spacial score (nSPS) is 16.6. The Labute approximate surface area is 256 Å². The monoisotopic (exact) mass is 595 g/mol. The molecular formula is C34H37N5O5. The van der Waals surface area contributed by atoms with E-state index in [0.717, 1.165) is 54.7 Å². The zero-order valence-corrected chi connectivity index (χ0v) is 24.8. The maximum absolute atomic E-state index is 13.2. The summed E-state index contributed by atoms with van der Waals surface area (Å²) >= 11 is 0. The SMILES string of the molecule is Cc1c(C(=O)NC2CCN(C(=O)c3ccncc3)CC2)oc2ccc(OC3CCN(Cc4ccc(C(N)=O)cc4)CC3)cc12. The molecule has 3 amide bonds. The molecule has 0 spiro atoms. The first-order valence-corrected chi connectivity index (χ1v) is 15.1. The van der Waals surface area contributed by atoms with Crippen molar-refractivity contribution < 1.29 is 23.5 Å². The minimum Gasteiger partial charge on any atom is -0.490 e. The number of amides is 3. The summed E-state index contributed by atoms with van der Waals surface area (Å²) < 4.78 is 12.3. The minimum atomic E-state index is -0.415. The van der Waals surface area contributed by atoms with E-state index < -0.39 is 5.91 Å². The molecule has 10 nitrogen and oxygen atoms in total. The van der Waals surface area contributed by atoms with Gasteiger partial charge in [0.15, 0.2) is 5.76 Å². The van der Waals surface area contributed by atoms with Gasteiger partial charge in [0, 0.05) is 73.2 Å². The van der Waals surface area contributed by atoms with Crippen molar-refractivity contribution in [2.45, 2.75) is 51.3 Å². The van der Waals surface area contributed by atoms with Crippen LogP contribution in [0, 0.1) is 6.92 Å². The fourth-order valence-corrected chi connectivity index (χ4v) is 6.06. The minimum absolute atomic E-state index is 0.0116. The molecule has 228 valence electrons. The zero-order chi connectivity index (χ0) is 30.6. The van der Waals surface area contributed by atoms with Crippen molar-refractivity contribution in [3.63, 3.8) is 0 Å². The van der Waals surface area contributed by atoms with Crippen LogP contribution in [0.25, 0.3) is 11.0 Å². The van der Waals surface area contributed by atoms with E-state index in [0.29, 0.717) is 48.4 Å². The number of likely N-dealkylation sites (tertiary alicyclic amines) is 2. The third kappa shape index (κ3) is 6.60. The molecule has 2 saturated heterocycles. The number of fused-ring (bicyclic) bond motifs is 1. The average molecular weight is 596 g/mol. The van der Waals surface area contributed by atoms with Crippen LogP contribution in [0.5, 0.6) is 5.75 Å². The van der Waals surface area contributed by atoms with E-state index in [4.69, 9.17) is 14.9 Å². The molecule has 0 aliphatic carbocycles. The summed E-state index contributed by atoms with van der Waals surface area (Å²) in [6.45, 7) is 5.70. The first kappa shape index (κ1) is 29.4. The molecule has 0 saturated carbocycles. The Kier molecular flexibility index (Phi) is 8.60. The number of hydrogen-bond donors (Lipinski definition) is 2. The van der Waals surface area contributed by atoms with E-state index in [1.165, 1.54) is 0 Å². The molecule has 0 atom stereocenters. The molecule has 2 aliphatic rings. The number of benzene rings is 2. The lowest BCUT2D eigenvalue weighted by molar-refractivity contribution is 0.0695. The first-order valence-electron chi connectivity index (χ1n) is 15.1. The molecule has 0 bridgehead atoms. The topological polar surface area (TPSA) is 131 Å². The first-order chi connectivity index (χ1) is 21.3. The number of aryl methyl sites for hydroxylation is 1. The standard InChI is InChI=1S/C34H37N5O5/c1-22-29-20-28(43-27-12-16-38(17-13-27)21-23-2-4-24(5-3-23)32(35)40)6-7-30(29)44-31(22)33(41)37-26-10-18-39(19-11-26)34(42)25-8-14-36-15-9-25/h2-9,14-15,20,26-27H,10-13,16-19,21H2,1H3,(H2,35,40)(H,37,41). The van der Waals surface area contributed by atoms with E-state index in [1.807, 2.05) is 42.2 Å². The van der Waals surface area contributed by atoms with E-state index in [-0.39, 0.29) is 24.0 Å². The number of aromatic nitrogens is 1. The Hall–Kier alpha value is -4.70. The van der Waals surface area contributed by atoms with Crippen molar-refractivity contribution in [2.75, 3.05) is 26.2 Å². The van der Waals surface area contributed by atoms with E-state index >= 15 is 0 Å². The van der Waals surface area contributed by atoms with Gasteiger partial charge in [0.2, 0.25) is 5.91 Å². The van der Waals surface area contributed by atoms with Crippen LogP contribution < -0.4 is 15.8 Å². The second kappa shape index (κ2) is 12.9. The molecule has 44 heavy (non-hydrogen) atoms. The number of piperidine rings is 2. The van der Waals surface area contributed by atoms with Crippen LogP contribution in [0.3, 0.4) is 0 Å². The molecule has 10 heteroatoms. The summed E-state index contributed by atoms with van der Waals surface area (Å²) in [6, 6.07) is 16.6. The Morgan fingerprint density at radius 3 is 2.32 bits per heavy atom. The Morgan fingerprint density at radius 1 is 0.932 bits per heavy atom. The lowest BCUT2D eigenvalue weighted by atomic mass is 10.0. The van der Waals surface area contributed by atoms with Gasteiger partial charge in [-0.15, -0.1) is 0 Å². The molecule has 6 rings (SSSR count). The highest BCUT2D eigenvalue weighted by molar-refractivity contribution is 5.99. The Bertz CT molecular complexity index is 1640. The number of carbonyl (C=O) groups is 3. The molecule has 4 aromatic rings. The number of carbonyl (C=O) groups excluding carboxylic acids is 3. The van der Waals surface area contributed by atoms with Gasteiger partial charge in [-0.05, 0) is 80.6 Å². The number of primary amides is 1. The van der Waals surface area contributed by atoms with Gasteiger partial charge in [-0.2, -0.15) is 0 Å². The van der Waals surface area contributed by atoms with Crippen molar-refractivity contribution in [3.05, 3.63) is 95.0 Å². The van der Waals surface area contributed by atoms with Crippen molar-refractivity contribution >= 4 is 28.7 Å². The number of furan rings is 1. The molecule has 4 heterocycles. The number of nitrogens with one attached hydrogen (secondary N) is 1. The zero-order valence-electron chi connectivity index (χ0n) is 24.8. The molecule has 0 unspecified atom stereocenters. The molecule has 2 aromatic heterocycles. The van der Waals surface area contributed by atoms with Crippen molar-refractivity contribution in [3.8, 4) is 5.75 Å². The summed E-state index contributed by atoms with van der Waals surface area (Å²) in [5.41, 5.74) is 9.07. The van der Waals surface area contributed by atoms with Gasteiger partial charge in [0.05, 0.1) is 0 Å². The second-order valence-electron chi connectivity index (χ2n) is 11.6.